The van der Waals surface area contributed by atoms with Crippen LogP contribution in [-0.2, 0) is 9.59 Å². The lowest BCUT2D eigenvalue weighted by Gasteiger charge is -2.13. The fraction of sp³-hybridized carbons (Fsp3) is 0.160. The van der Waals surface area contributed by atoms with Gasteiger partial charge in [0.2, 0.25) is 11.8 Å². The van der Waals surface area contributed by atoms with Crippen LogP contribution < -0.4 is 16.0 Å². The smallest absolute Gasteiger partial charge is 0.257 e. The molecule has 0 aromatic heterocycles. The van der Waals surface area contributed by atoms with E-state index in [9.17, 15) is 23.2 Å². The second-order valence-electron chi connectivity index (χ2n) is 8.53. The number of halogens is 8. The minimum absolute atomic E-state index is 0. The van der Waals surface area contributed by atoms with Crippen molar-refractivity contribution in [2.75, 3.05) is 16.0 Å². The maximum Gasteiger partial charge on any atom is 0.257 e. The van der Waals surface area contributed by atoms with Gasteiger partial charge in [-0.25, -0.2) is 8.78 Å². The first-order valence-electron chi connectivity index (χ1n) is 10.9. The van der Waals surface area contributed by atoms with Gasteiger partial charge in [-0.3, -0.25) is 14.4 Å². The van der Waals surface area contributed by atoms with Crippen LogP contribution in [0.25, 0.3) is 0 Å². The van der Waals surface area contributed by atoms with Crippen molar-refractivity contribution in [1.82, 2.24) is 0 Å². The molecule has 1 saturated carbocycles. The molecule has 0 spiro atoms. The molecule has 3 aromatic rings. The highest BCUT2D eigenvalue weighted by atomic mass is 35.5. The van der Waals surface area contributed by atoms with Gasteiger partial charge in [-0.15, -0.1) is 23.2 Å². The first kappa shape index (κ1) is 29.6. The van der Waals surface area contributed by atoms with Gasteiger partial charge in [-0.2, -0.15) is 0 Å². The second kappa shape index (κ2) is 11.3. The number of anilines is 3. The number of amides is 3. The number of carbonyl (C=O) groups is 3. The quantitative estimate of drug-likeness (QED) is 0.182. The summed E-state index contributed by atoms with van der Waals surface area (Å²) in [5.41, 5.74) is -0.707. The Morgan fingerprint density at radius 2 is 1.51 bits per heavy atom. The molecule has 4 rings (SSSR count). The lowest BCUT2D eigenvalue weighted by Crippen LogP contribution is -2.19. The summed E-state index contributed by atoms with van der Waals surface area (Å²) in [5.74, 6) is -6.01. The molecule has 0 aliphatic heterocycles. The zero-order chi connectivity index (χ0) is 28.8. The first-order valence-corrected chi connectivity index (χ1v) is 13.2. The fourth-order valence-electron chi connectivity index (χ4n) is 3.95. The van der Waals surface area contributed by atoms with E-state index >= 15 is 0 Å². The number of benzene rings is 3. The van der Waals surface area contributed by atoms with Crippen LogP contribution in [0.2, 0.25) is 20.1 Å². The van der Waals surface area contributed by atoms with Gasteiger partial charge in [0.25, 0.3) is 5.91 Å². The Labute approximate surface area is 255 Å². The molecule has 210 valence electrons. The molecule has 14 heteroatoms. The summed E-state index contributed by atoms with van der Waals surface area (Å²) >= 11 is 37.1. The number of hydrogen-bond acceptors (Lipinski definition) is 3. The molecule has 6 nitrogen and oxygen atoms in total. The summed E-state index contributed by atoms with van der Waals surface area (Å²) in [7, 11) is 0. The van der Waals surface area contributed by atoms with Gasteiger partial charge in [0.1, 0.15) is 15.8 Å². The van der Waals surface area contributed by atoms with Gasteiger partial charge < -0.3 is 16.0 Å². The van der Waals surface area contributed by atoms with Crippen molar-refractivity contribution in [2.24, 2.45) is 5.92 Å². The largest absolute Gasteiger partial charge is 0.326 e. The van der Waals surface area contributed by atoms with E-state index in [-0.39, 0.29) is 41.3 Å². The Morgan fingerprint density at radius 3 is 2.13 bits per heavy atom. The molecular weight excluding hydrogens is 641 g/mol. The van der Waals surface area contributed by atoms with Crippen LogP contribution in [-0.4, -0.2) is 22.1 Å². The highest BCUT2D eigenvalue weighted by Crippen LogP contribution is 2.65. The standard InChI is InChI=1S/C25H15Cl6F2N3O3.3H2/c1-9(37)34-17-5-4-16(32)22(21(17)33)36-23(38)12-8-11(2-3-13(12)26)35-24(39)19-18(25(19,30)31)10-6-14(27)20(29)15(28)7-10;;;/h2-8,18-19H,1H3,(H,34,37)(H,35,39)(H,36,38);3*1H/t18-,19+;;;/m0.../s1. The van der Waals surface area contributed by atoms with Crippen LogP contribution in [0.5, 0.6) is 0 Å². The number of nitrogens with one attached hydrogen (secondary N) is 3. The van der Waals surface area contributed by atoms with Crippen molar-refractivity contribution < 1.29 is 27.4 Å². The van der Waals surface area contributed by atoms with Crippen molar-refractivity contribution in [3.8, 4) is 0 Å². The van der Waals surface area contributed by atoms with E-state index in [0.717, 1.165) is 19.1 Å². The van der Waals surface area contributed by atoms with Crippen LogP contribution in [0.4, 0.5) is 25.8 Å². The first-order chi connectivity index (χ1) is 18.2. The van der Waals surface area contributed by atoms with E-state index in [1.807, 2.05) is 0 Å². The van der Waals surface area contributed by atoms with E-state index < -0.39 is 51.2 Å². The van der Waals surface area contributed by atoms with E-state index in [2.05, 4.69) is 16.0 Å². The van der Waals surface area contributed by atoms with Crippen molar-refractivity contribution in [2.45, 2.75) is 17.2 Å². The predicted octanol–water partition coefficient (Wildman–Crippen LogP) is 9.05. The molecule has 1 fully saturated rings. The summed E-state index contributed by atoms with van der Waals surface area (Å²) in [6.45, 7) is 1.14. The van der Waals surface area contributed by atoms with Gasteiger partial charge >= 0.3 is 0 Å². The zero-order valence-electron chi connectivity index (χ0n) is 19.4. The predicted molar refractivity (Wildman–Crippen MR) is 157 cm³/mol. The summed E-state index contributed by atoms with van der Waals surface area (Å²) < 4.78 is 27.6. The molecular formula is C25H21Cl6F2N3O3. The van der Waals surface area contributed by atoms with E-state index in [4.69, 9.17) is 69.6 Å². The third-order valence-electron chi connectivity index (χ3n) is 5.82. The van der Waals surface area contributed by atoms with E-state index in [0.29, 0.717) is 5.56 Å². The van der Waals surface area contributed by atoms with Crippen molar-refractivity contribution in [3.05, 3.63) is 85.3 Å². The van der Waals surface area contributed by atoms with Crippen molar-refractivity contribution >= 4 is 104 Å². The zero-order valence-corrected chi connectivity index (χ0v) is 24.0. The molecule has 0 unspecified atom stereocenters. The number of rotatable bonds is 6. The highest BCUT2D eigenvalue weighted by molar-refractivity contribution is 6.54. The molecule has 3 amide bonds. The summed E-state index contributed by atoms with van der Waals surface area (Å²) in [4.78, 5) is 37.2. The van der Waals surface area contributed by atoms with Crippen molar-refractivity contribution in [1.29, 1.82) is 0 Å². The Hall–Kier alpha value is -2.33. The van der Waals surface area contributed by atoms with Crippen LogP contribution in [0.15, 0.2) is 42.5 Å². The highest BCUT2D eigenvalue weighted by Gasteiger charge is 2.67. The minimum atomic E-state index is -1.48. The molecule has 3 aromatic carbocycles. The van der Waals surface area contributed by atoms with Crippen LogP contribution in [0, 0.1) is 17.6 Å². The lowest BCUT2D eigenvalue weighted by atomic mass is 10.1. The van der Waals surface area contributed by atoms with Gasteiger partial charge in [0.15, 0.2) is 5.82 Å². The Bertz CT molecular complexity index is 1530. The molecule has 0 saturated heterocycles. The second-order valence-corrected chi connectivity index (χ2v) is 11.6. The van der Waals surface area contributed by atoms with Crippen LogP contribution in [0.1, 0.15) is 33.0 Å². The molecule has 2 atom stereocenters. The molecule has 1 aliphatic rings. The van der Waals surface area contributed by atoms with Crippen LogP contribution >= 0.6 is 69.6 Å². The normalized spacial score (nSPS) is 17.4. The molecule has 0 bridgehead atoms. The number of alkyl halides is 2. The number of hydrogen-bond donors (Lipinski definition) is 3. The Balaban J connectivity index is 0.00000294. The summed E-state index contributed by atoms with van der Waals surface area (Å²) in [6.07, 6.45) is 0. The molecule has 39 heavy (non-hydrogen) atoms. The van der Waals surface area contributed by atoms with E-state index in [1.54, 1.807) is 0 Å². The third kappa shape index (κ3) is 6.06. The fourth-order valence-corrected chi connectivity index (χ4v) is 5.60. The topological polar surface area (TPSA) is 87.3 Å². The maximum absolute atomic E-state index is 14.7. The number of carbonyl (C=O) groups excluding carboxylic acids is 3. The third-order valence-corrected chi connectivity index (χ3v) is 8.29. The minimum Gasteiger partial charge on any atom is -0.326 e. The van der Waals surface area contributed by atoms with Gasteiger partial charge in [0.05, 0.1) is 37.3 Å². The lowest BCUT2D eigenvalue weighted by molar-refractivity contribution is -0.117. The average molecular weight is 662 g/mol. The van der Waals surface area contributed by atoms with Crippen molar-refractivity contribution in [3.63, 3.8) is 0 Å². The van der Waals surface area contributed by atoms with Gasteiger partial charge in [-0.05, 0) is 48.0 Å². The molecule has 0 heterocycles. The molecule has 3 N–H and O–H groups in total. The van der Waals surface area contributed by atoms with Gasteiger partial charge in [-0.1, -0.05) is 46.4 Å². The summed E-state index contributed by atoms with van der Waals surface area (Å²) in [6, 6.07) is 8.84. The Morgan fingerprint density at radius 1 is 0.872 bits per heavy atom. The SMILES string of the molecule is CC(=O)Nc1ccc(F)c(NC(=O)c2cc(NC(=O)[C@H]3[C@H](c4cc(Cl)c(Cl)c(Cl)c4)C3(Cl)Cl)ccc2Cl)c1F.[HH].[HH].[HH]. The maximum atomic E-state index is 14.7. The Kier molecular flexibility index (Phi) is 8.57. The van der Waals surface area contributed by atoms with Gasteiger partial charge in [0, 0.05) is 22.8 Å². The summed E-state index contributed by atoms with van der Waals surface area (Å²) in [5, 5.41) is 7.32. The molecule has 1 aliphatic carbocycles. The molecule has 0 radical (unpaired) electrons. The van der Waals surface area contributed by atoms with E-state index in [1.165, 1.54) is 30.3 Å². The van der Waals surface area contributed by atoms with Crippen LogP contribution in [0.3, 0.4) is 0 Å². The average Bonchev–Trinajstić information content (AvgIpc) is 3.44. The monoisotopic (exact) mass is 659 g/mol.